The minimum absolute atomic E-state index is 0.0107. The van der Waals surface area contributed by atoms with Gasteiger partial charge in [0.05, 0.1) is 11.2 Å². The maximum absolute atomic E-state index is 5.02. The van der Waals surface area contributed by atoms with Crippen molar-refractivity contribution >= 4 is 16.7 Å². The van der Waals surface area contributed by atoms with Crippen molar-refractivity contribution in [2.24, 2.45) is 5.10 Å². The zero-order chi connectivity index (χ0) is 20.0. The molecule has 5 heteroatoms. The minimum atomic E-state index is -0.526. The fraction of sp³-hybridized carbons (Fsp3) is 0.208. The number of fused-ring (bicyclic) bond motifs is 1. The van der Waals surface area contributed by atoms with E-state index in [1.54, 1.807) is 0 Å². The predicted octanol–water partition coefficient (Wildman–Crippen LogP) is 4.55. The lowest BCUT2D eigenvalue weighted by molar-refractivity contribution is 0.184. The van der Waals surface area contributed by atoms with Crippen LogP contribution in [0.3, 0.4) is 0 Å². The number of likely N-dealkylation sites (N-methyl/N-ethyl adjacent to an activating group) is 1. The first-order valence-electron chi connectivity index (χ1n) is 9.84. The summed E-state index contributed by atoms with van der Waals surface area (Å²) in [4.78, 5) is 0. The van der Waals surface area contributed by atoms with Gasteiger partial charge in [-0.3, -0.25) is 5.01 Å². The van der Waals surface area contributed by atoms with Crippen molar-refractivity contribution in [2.75, 3.05) is 7.05 Å². The van der Waals surface area contributed by atoms with Crippen LogP contribution in [0.1, 0.15) is 29.7 Å². The van der Waals surface area contributed by atoms with Gasteiger partial charge in [0.15, 0.2) is 0 Å². The molecule has 0 spiro atoms. The van der Waals surface area contributed by atoms with Crippen LogP contribution >= 0.6 is 0 Å². The molecule has 0 N–H and O–H groups in total. The highest BCUT2D eigenvalue weighted by Crippen LogP contribution is 2.45. The van der Waals surface area contributed by atoms with Gasteiger partial charge in [0.1, 0.15) is 17.1 Å². The summed E-state index contributed by atoms with van der Waals surface area (Å²) in [6.45, 7) is 4.33. The molecule has 3 aromatic carbocycles. The van der Waals surface area contributed by atoms with Crippen LogP contribution in [0, 0.1) is 6.92 Å². The van der Waals surface area contributed by atoms with Crippen LogP contribution in [0.2, 0.25) is 0 Å². The Bertz CT molecular complexity index is 1190. The van der Waals surface area contributed by atoms with E-state index in [4.69, 9.17) is 5.10 Å². The Balaban J connectivity index is 1.77. The van der Waals surface area contributed by atoms with E-state index in [1.165, 1.54) is 11.1 Å². The Hall–Kier alpha value is -3.47. The Morgan fingerprint density at radius 1 is 0.862 bits per heavy atom. The highest BCUT2D eigenvalue weighted by Gasteiger charge is 2.50. The van der Waals surface area contributed by atoms with E-state index in [-0.39, 0.29) is 6.04 Å². The van der Waals surface area contributed by atoms with Crippen LogP contribution in [-0.2, 0) is 5.54 Å². The van der Waals surface area contributed by atoms with Crippen molar-refractivity contribution in [3.63, 3.8) is 0 Å². The zero-order valence-electron chi connectivity index (χ0n) is 16.8. The standard InChI is InChI=1S/C24H23N5/c1-17-13-15-19(16-14-17)23-24(2,29-21-12-8-7-11-20(21)25-27-29)22(26-28(23)3)18-9-5-4-6-10-18/h4-16,23H,1-3H3/t23-,24-/m0/s1. The fourth-order valence-corrected chi connectivity index (χ4v) is 4.47. The molecule has 29 heavy (non-hydrogen) atoms. The predicted molar refractivity (Wildman–Crippen MR) is 116 cm³/mol. The molecule has 5 nitrogen and oxygen atoms in total. The second-order valence-electron chi connectivity index (χ2n) is 7.84. The van der Waals surface area contributed by atoms with Crippen molar-refractivity contribution in [3.05, 3.63) is 95.6 Å². The van der Waals surface area contributed by atoms with Crippen LogP contribution in [0.5, 0.6) is 0 Å². The van der Waals surface area contributed by atoms with Gasteiger partial charge in [-0.05, 0) is 31.5 Å². The number of hydrogen-bond donors (Lipinski definition) is 0. The van der Waals surface area contributed by atoms with E-state index in [0.717, 1.165) is 22.3 Å². The highest BCUT2D eigenvalue weighted by molar-refractivity contribution is 6.07. The molecule has 1 aliphatic heterocycles. The third kappa shape index (κ3) is 2.65. The summed E-state index contributed by atoms with van der Waals surface area (Å²) in [5.74, 6) is 0. The number of hydrazone groups is 1. The van der Waals surface area contributed by atoms with Gasteiger partial charge >= 0.3 is 0 Å². The molecule has 0 saturated heterocycles. The average molecular weight is 381 g/mol. The van der Waals surface area contributed by atoms with Gasteiger partial charge in [0.25, 0.3) is 0 Å². The van der Waals surface area contributed by atoms with Crippen LogP contribution < -0.4 is 0 Å². The Labute approximate surface area is 170 Å². The molecule has 4 aromatic rings. The number of benzene rings is 3. The number of rotatable bonds is 3. The Morgan fingerprint density at radius 3 is 2.31 bits per heavy atom. The SMILES string of the molecule is Cc1ccc([C@@H]2N(C)N=C(c3ccccc3)[C@]2(C)n2nnc3ccccc32)cc1. The van der Waals surface area contributed by atoms with Crippen LogP contribution in [0.15, 0.2) is 84.0 Å². The van der Waals surface area contributed by atoms with Crippen molar-refractivity contribution in [1.82, 2.24) is 20.0 Å². The van der Waals surface area contributed by atoms with E-state index in [9.17, 15) is 0 Å². The quantitative estimate of drug-likeness (QED) is 0.523. The first-order chi connectivity index (χ1) is 14.1. The number of hydrogen-bond acceptors (Lipinski definition) is 4. The summed E-state index contributed by atoms with van der Waals surface area (Å²) < 4.78 is 2.04. The maximum atomic E-state index is 5.02. The number of aromatic nitrogens is 3. The van der Waals surface area contributed by atoms with E-state index in [0.29, 0.717) is 0 Å². The minimum Gasteiger partial charge on any atom is -0.289 e. The Morgan fingerprint density at radius 2 is 1.55 bits per heavy atom. The lowest BCUT2D eigenvalue weighted by Gasteiger charge is -2.35. The second kappa shape index (κ2) is 6.55. The molecule has 1 aromatic heterocycles. The molecule has 5 rings (SSSR count). The topological polar surface area (TPSA) is 46.3 Å². The molecule has 0 radical (unpaired) electrons. The van der Waals surface area contributed by atoms with Gasteiger partial charge in [-0.1, -0.05) is 77.5 Å². The van der Waals surface area contributed by atoms with Crippen LogP contribution in [0.4, 0.5) is 0 Å². The molecular formula is C24H23N5. The number of aryl methyl sites for hydroxylation is 1. The second-order valence-corrected chi connectivity index (χ2v) is 7.84. The summed E-state index contributed by atoms with van der Waals surface area (Å²) in [6, 6.07) is 27.2. The van der Waals surface area contributed by atoms with Crippen LogP contribution in [-0.4, -0.2) is 32.8 Å². The zero-order valence-corrected chi connectivity index (χ0v) is 16.8. The first-order valence-corrected chi connectivity index (χ1v) is 9.84. The van der Waals surface area contributed by atoms with Crippen molar-refractivity contribution in [1.29, 1.82) is 0 Å². The fourth-order valence-electron chi connectivity index (χ4n) is 4.47. The summed E-state index contributed by atoms with van der Waals surface area (Å²) in [5.41, 5.74) is 5.89. The van der Waals surface area contributed by atoms with Gasteiger partial charge in [-0.25, -0.2) is 4.68 Å². The van der Waals surface area contributed by atoms with E-state index in [1.807, 2.05) is 36.0 Å². The molecule has 144 valence electrons. The van der Waals surface area contributed by atoms with Crippen molar-refractivity contribution in [2.45, 2.75) is 25.4 Å². The van der Waals surface area contributed by atoms with E-state index < -0.39 is 5.54 Å². The smallest absolute Gasteiger partial charge is 0.132 e. The molecule has 0 aliphatic carbocycles. The molecular weight excluding hydrogens is 358 g/mol. The summed E-state index contributed by atoms with van der Waals surface area (Å²) in [6.07, 6.45) is 0. The Kier molecular flexibility index (Phi) is 3.98. The third-order valence-corrected chi connectivity index (χ3v) is 5.88. The molecule has 0 fully saturated rings. The van der Waals surface area contributed by atoms with Gasteiger partial charge in [0, 0.05) is 12.6 Å². The van der Waals surface area contributed by atoms with E-state index >= 15 is 0 Å². The van der Waals surface area contributed by atoms with Gasteiger partial charge in [0.2, 0.25) is 0 Å². The first kappa shape index (κ1) is 17.6. The molecule has 0 bridgehead atoms. The largest absolute Gasteiger partial charge is 0.289 e. The summed E-state index contributed by atoms with van der Waals surface area (Å²) in [5, 5.41) is 16.1. The van der Waals surface area contributed by atoms with Gasteiger partial charge in [-0.2, -0.15) is 5.10 Å². The molecule has 0 amide bonds. The van der Waals surface area contributed by atoms with Crippen molar-refractivity contribution in [3.8, 4) is 0 Å². The summed E-state index contributed by atoms with van der Waals surface area (Å²) in [7, 11) is 2.04. The molecule has 0 saturated carbocycles. The molecule has 1 aliphatic rings. The number of para-hydroxylation sites is 1. The van der Waals surface area contributed by atoms with Crippen LogP contribution in [0.25, 0.3) is 11.0 Å². The highest BCUT2D eigenvalue weighted by atomic mass is 15.6. The maximum Gasteiger partial charge on any atom is 0.132 e. The normalized spacial score (nSPS) is 21.6. The molecule has 0 unspecified atom stereocenters. The lowest BCUT2D eigenvalue weighted by Crippen LogP contribution is -2.44. The number of nitrogens with zero attached hydrogens (tertiary/aromatic N) is 5. The van der Waals surface area contributed by atoms with E-state index in [2.05, 4.69) is 83.8 Å². The lowest BCUT2D eigenvalue weighted by atomic mass is 9.81. The third-order valence-electron chi connectivity index (χ3n) is 5.88. The molecule has 2 heterocycles. The average Bonchev–Trinajstić information content (AvgIpc) is 3.29. The molecule has 2 atom stereocenters. The van der Waals surface area contributed by atoms with Crippen molar-refractivity contribution < 1.29 is 0 Å². The summed E-state index contributed by atoms with van der Waals surface area (Å²) >= 11 is 0. The van der Waals surface area contributed by atoms with Gasteiger partial charge in [-0.15, -0.1) is 5.10 Å². The monoisotopic (exact) mass is 381 g/mol. The van der Waals surface area contributed by atoms with Gasteiger partial charge < -0.3 is 0 Å².